The van der Waals surface area contributed by atoms with Gasteiger partial charge in [0.2, 0.25) is 5.91 Å². The third-order valence-electron chi connectivity index (χ3n) is 4.17. The quantitative estimate of drug-likeness (QED) is 0.776. The summed E-state index contributed by atoms with van der Waals surface area (Å²) in [6.45, 7) is 3.59. The van der Waals surface area contributed by atoms with Crippen LogP contribution in [-0.4, -0.2) is 24.9 Å². The zero-order valence-corrected chi connectivity index (χ0v) is 13.9. The van der Waals surface area contributed by atoms with Crippen molar-refractivity contribution in [1.29, 1.82) is 0 Å². The van der Waals surface area contributed by atoms with Crippen LogP contribution in [0.3, 0.4) is 0 Å². The molecule has 7 heteroatoms. The molecule has 1 aliphatic heterocycles. The number of hydrogen-bond donors (Lipinski definition) is 3. The monoisotopic (exact) mass is 347 g/mol. The lowest BCUT2D eigenvalue weighted by Crippen LogP contribution is -2.48. The molecule has 0 spiro atoms. The molecule has 1 saturated heterocycles. The molecule has 126 valence electrons. The molecule has 1 atom stereocenters. The predicted molar refractivity (Wildman–Crippen MR) is 92.3 cm³/mol. The van der Waals surface area contributed by atoms with Gasteiger partial charge in [0.15, 0.2) is 5.76 Å². The summed E-state index contributed by atoms with van der Waals surface area (Å²) >= 11 is 6.01. The highest BCUT2D eigenvalue weighted by Gasteiger charge is 2.29. The van der Waals surface area contributed by atoms with Crippen molar-refractivity contribution in [1.82, 2.24) is 5.32 Å². The van der Waals surface area contributed by atoms with E-state index in [1.54, 1.807) is 30.3 Å². The fraction of sp³-hybridized carbons (Fsp3) is 0.294. The molecular formula is C17H18ClN3O3. The van der Waals surface area contributed by atoms with E-state index in [2.05, 4.69) is 16.0 Å². The normalized spacial score (nSPS) is 15.4. The zero-order valence-electron chi connectivity index (χ0n) is 13.1. The summed E-state index contributed by atoms with van der Waals surface area (Å²) in [6.07, 6.45) is 1.42. The molecule has 1 fully saturated rings. The van der Waals surface area contributed by atoms with Crippen LogP contribution < -0.4 is 16.0 Å². The molecule has 2 amide bonds. The topological polar surface area (TPSA) is 83.4 Å². The van der Waals surface area contributed by atoms with Crippen molar-refractivity contribution in [2.24, 2.45) is 11.8 Å². The molecule has 1 unspecified atom stereocenters. The second-order valence-corrected chi connectivity index (χ2v) is 6.25. The molecule has 0 aliphatic carbocycles. The van der Waals surface area contributed by atoms with E-state index in [-0.39, 0.29) is 17.6 Å². The van der Waals surface area contributed by atoms with Crippen molar-refractivity contribution in [3.8, 4) is 0 Å². The lowest BCUT2D eigenvalue weighted by Gasteiger charge is -2.31. The van der Waals surface area contributed by atoms with Gasteiger partial charge in [0.1, 0.15) is 0 Å². The number of nitrogens with one attached hydrogen (secondary N) is 3. The van der Waals surface area contributed by atoms with Crippen LogP contribution in [0.15, 0.2) is 41.0 Å². The average molecular weight is 348 g/mol. The number of rotatable bonds is 5. The lowest BCUT2D eigenvalue weighted by atomic mass is 9.88. The third kappa shape index (κ3) is 3.60. The van der Waals surface area contributed by atoms with Crippen LogP contribution in [0.4, 0.5) is 11.4 Å². The van der Waals surface area contributed by atoms with Crippen molar-refractivity contribution >= 4 is 34.8 Å². The van der Waals surface area contributed by atoms with Gasteiger partial charge in [-0.15, -0.1) is 0 Å². The molecule has 1 aromatic heterocycles. The molecule has 24 heavy (non-hydrogen) atoms. The maximum absolute atomic E-state index is 12.4. The SMILES string of the molecule is CC(C(=O)Nc1ccc(Cl)cc1NC(=O)c1ccco1)C1CNC1. The molecule has 0 saturated carbocycles. The molecule has 2 heterocycles. The summed E-state index contributed by atoms with van der Waals surface area (Å²) in [6, 6.07) is 8.11. The smallest absolute Gasteiger partial charge is 0.291 e. The maximum atomic E-state index is 12.4. The minimum absolute atomic E-state index is 0.0858. The van der Waals surface area contributed by atoms with Crippen LogP contribution in [0, 0.1) is 11.8 Å². The van der Waals surface area contributed by atoms with E-state index >= 15 is 0 Å². The zero-order chi connectivity index (χ0) is 17.1. The first-order valence-corrected chi connectivity index (χ1v) is 8.08. The standard InChI is InChI=1S/C17H18ClN3O3/c1-10(11-8-19-9-11)16(22)20-13-5-4-12(18)7-14(13)21-17(23)15-3-2-6-24-15/h2-7,10-11,19H,8-9H2,1H3,(H,20,22)(H,21,23). The number of amides is 2. The molecule has 6 nitrogen and oxygen atoms in total. The molecule has 3 rings (SSSR count). The first kappa shape index (κ1) is 16.5. The van der Waals surface area contributed by atoms with E-state index in [1.165, 1.54) is 6.26 Å². The Bertz CT molecular complexity index is 742. The number of carbonyl (C=O) groups is 2. The fourth-order valence-corrected chi connectivity index (χ4v) is 2.62. The van der Waals surface area contributed by atoms with Gasteiger partial charge in [-0.05, 0) is 49.3 Å². The Morgan fingerprint density at radius 2 is 2.04 bits per heavy atom. The summed E-state index contributed by atoms with van der Waals surface area (Å²) in [5.41, 5.74) is 0.930. The number of benzene rings is 1. The van der Waals surface area contributed by atoms with Gasteiger partial charge in [-0.1, -0.05) is 18.5 Å². The van der Waals surface area contributed by atoms with Crippen LogP contribution in [0.25, 0.3) is 0 Å². The molecule has 1 aliphatic rings. The first-order valence-electron chi connectivity index (χ1n) is 7.70. The molecule has 0 radical (unpaired) electrons. The number of carbonyl (C=O) groups excluding carboxylic acids is 2. The van der Waals surface area contributed by atoms with Gasteiger partial charge in [0.25, 0.3) is 5.91 Å². The predicted octanol–water partition coefficient (Wildman–Crippen LogP) is 2.98. The molecule has 2 aromatic rings. The van der Waals surface area contributed by atoms with Crippen molar-refractivity contribution < 1.29 is 14.0 Å². The highest BCUT2D eigenvalue weighted by molar-refractivity contribution is 6.31. The summed E-state index contributed by atoms with van der Waals surface area (Å²) in [5, 5.41) is 9.19. The highest BCUT2D eigenvalue weighted by Crippen LogP contribution is 2.28. The highest BCUT2D eigenvalue weighted by atomic mass is 35.5. The van der Waals surface area contributed by atoms with Crippen LogP contribution >= 0.6 is 11.6 Å². The van der Waals surface area contributed by atoms with E-state index in [0.717, 1.165) is 13.1 Å². The average Bonchev–Trinajstić information content (AvgIpc) is 3.02. The van der Waals surface area contributed by atoms with Crippen molar-refractivity contribution in [3.05, 3.63) is 47.4 Å². The maximum Gasteiger partial charge on any atom is 0.291 e. The largest absolute Gasteiger partial charge is 0.459 e. The van der Waals surface area contributed by atoms with Crippen molar-refractivity contribution in [2.45, 2.75) is 6.92 Å². The van der Waals surface area contributed by atoms with E-state index in [1.807, 2.05) is 6.92 Å². The summed E-state index contributed by atoms with van der Waals surface area (Å²) in [5.74, 6) is -0.0958. The minimum Gasteiger partial charge on any atom is -0.459 e. The second kappa shape index (κ2) is 7.07. The molecule has 1 aromatic carbocycles. The Kier molecular flexibility index (Phi) is 4.87. The Labute approximate surface area is 144 Å². The second-order valence-electron chi connectivity index (χ2n) is 5.82. The van der Waals surface area contributed by atoms with Gasteiger partial charge in [0.05, 0.1) is 17.6 Å². The molecule has 0 bridgehead atoms. The third-order valence-corrected chi connectivity index (χ3v) is 4.40. The Morgan fingerprint density at radius 3 is 2.67 bits per heavy atom. The molecule has 3 N–H and O–H groups in total. The van der Waals surface area contributed by atoms with Gasteiger partial charge in [0, 0.05) is 10.9 Å². The van der Waals surface area contributed by atoms with Crippen LogP contribution in [-0.2, 0) is 4.79 Å². The van der Waals surface area contributed by atoms with Crippen LogP contribution in [0.1, 0.15) is 17.5 Å². The number of anilines is 2. The van der Waals surface area contributed by atoms with Crippen LogP contribution in [0.2, 0.25) is 5.02 Å². The van der Waals surface area contributed by atoms with Crippen LogP contribution in [0.5, 0.6) is 0 Å². The number of furan rings is 1. The van der Waals surface area contributed by atoms with Gasteiger partial charge in [-0.3, -0.25) is 9.59 Å². The van der Waals surface area contributed by atoms with Crippen molar-refractivity contribution in [3.63, 3.8) is 0 Å². The Balaban J connectivity index is 1.75. The number of hydrogen-bond acceptors (Lipinski definition) is 4. The van der Waals surface area contributed by atoms with E-state index in [4.69, 9.17) is 16.0 Å². The van der Waals surface area contributed by atoms with Gasteiger partial charge in [-0.2, -0.15) is 0 Å². The summed E-state index contributed by atoms with van der Waals surface area (Å²) < 4.78 is 5.07. The summed E-state index contributed by atoms with van der Waals surface area (Å²) in [4.78, 5) is 24.5. The van der Waals surface area contributed by atoms with E-state index in [9.17, 15) is 9.59 Å². The van der Waals surface area contributed by atoms with Gasteiger partial charge in [-0.25, -0.2) is 0 Å². The number of halogens is 1. The van der Waals surface area contributed by atoms with E-state index < -0.39 is 5.91 Å². The van der Waals surface area contributed by atoms with Gasteiger partial charge < -0.3 is 20.4 Å². The first-order chi connectivity index (χ1) is 11.5. The minimum atomic E-state index is -0.408. The summed E-state index contributed by atoms with van der Waals surface area (Å²) in [7, 11) is 0. The van der Waals surface area contributed by atoms with Crippen molar-refractivity contribution in [2.75, 3.05) is 23.7 Å². The Hall–Kier alpha value is -2.31. The lowest BCUT2D eigenvalue weighted by molar-refractivity contribution is -0.121. The molecular weight excluding hydrogens is 330 g/mol. The van der Waals surface area contributed by atoms with E-state index in [0.29, 0.717) is 22.3 Å². The van der Waals surface area contributed by atoms with Gasteiger partial charge >= 0.3 is 0 Å². The Morgan fingerprint density at radius 1 is 1.25 bits per heavy atom. The fourth-order valence-electron chi connectivity index (χ4n) is 2.45.